The van der Waals surface area contributed by atoms with Gasteiger partial charge in [0.1, 0.15) is 6.61 Å². The Morgan fingerprint density at radius 3 is 2.15 bits per heavy atom. The molecule has 4 heterocycles. The van der Waals surface area contributed by atoms with Crippen LogP contribution in [0, 0.1) is 0 Å². The second kappa shape index (κ2) is 11.2. The summed E-state index contributed by atoms with van der Waals surface area (Å²) in [6.07, 6.45) is 0.910. The maximum atomic E-state index is 12.6. The van der Waals surface area contributed by atoms with Gasteiger partial charge in [-0.3, -0.25) is 0 Å². The number of ether oxygens (including phenoxy) is 3. The van der Waals surface area contributed by atoms with Gasteiger partial charge in [0, 0.05) is 55.3 Å². The average molecular weight is 532 g/mol. The molecule has 202 valence electrons. The van der Waals surface area contributed by atoms with Crippen LogP contribution in [0.2, 0.25) is 0 Å². The predicted molar refractivity (Wildman–Crippen MR) is 144 cm³/mol. The molecule has 3 aliphatic rings. The molecule has 1 aromatic heterocycles. The van der Waals surface area contributed by atoms with Crippen molar-refractivity contribution in [1.29, 1.82) is 0 Å². The molecule has 0 radical (unpaired) electrons. The number of nitrogens with zero attached hydrogens (tertiary/aromatic N) is 5. The monoisotopic (exact) mass is 531 g/mol. The molecule has 6 rings (SSSR count). The SMILES string of the molecule is O=C(Nc1ccc(-c2nc(N3CCCOCC3)nc(N3CCOCC3)n2)cc1)Nc1ccc2c(c1)COC2=O. The smallest absolute Gasteiger partial charge is 0.338 e. The first kappa shape index (κ1) is 25.0. The van der Waals surface area contributed by atoms with E-state index in [0.717, 1.165) is 50.3 Å². The number of rotatable bonds is 5. The van der Waals surface area contributed by atoms with E-state index in [2.05, 4.69) is 20.4 Å². The predicted octanol–water partition coefficient (Wildman–Crippen LogP) is 2.92. The number of aromatic nitrogens is 3. The van der Waals surface area contributed by atoms with Gasteiger partial charge in [0.25, 0.3) is 0 Å². The quantitative estimate of drug-likeness (QED) is 0.474. The first-order chi connectivity index (χ1) is 19.1. The van der Waals surface area contributed by atoms with Gasteiger partial charge in [-0.15, -0.1) is 0 Å². The topological polar surface area (TPSA) is 131 Å². The zero-order valence-electron chi connectivity index (χ0n) is 21.4. The van der Waals surface area contributed by atoms with Crippen molar-refractivity contribution in [3.8, 4) is 11.4 Å². The fraction of sp³-hybridized carbons (Fsp3) is 0.370. The number of morpholine rings is 1. The van der Waals surface area contributed by atoms with Crippen molar-refractivity contribution in [3.63, 3.8) is 0 Å². The molecule has 2 fully saturated rings. The Morgan fingerprint density at radius 1 is 0.769 bits per heavy atom. The van der Waals surface area contributed by atoms with E-state index < -0.39 is 6.03 Å². The van der Waals surface area contributed by atoms with E-state index in [-0.39, 0.29) is 12.6 Å². The highest BCUT2D eigenvalue weighted by atomic mass is 16.5. The van der Waals surface area contributed by atoms with Crippen LogP contribution in [0.15, 0.2) is 42.5 Å². The molecule has 12 nitrogen and oxygen atoms in total. The number of amides is 2. The molecule has 0 spiro atoms. The summed E-state index contributed by atoms with van der Waals surface area (Å²) in [5.74, 6) is 1.49. The van der Waals surface area contributed by atoms with Crippen molar-refractivity contribution in [2.75, 3.05) is 73.0 Å². The number of fused-ring (bicyclic) bond motifs is 1. The van der Waals surface area contributed by atoms with E-state index in [1.165, 1.54) is 0 Å². The molecule has 0 saturated carbocycles. The number of cyclic esters (lactones) is 1. The number of benzene rings is 2. The number of carbonyl (C=O) groups is 2. The zero-order chi connectivity index (χ0) is 26.6. The van der Waals surface area contributed by atoms with E-state index in [9.17, 15) is 9.59 Å². The Morgan fingerprint density at radius 2 is 1.41 bits per heavy atom. The maximum absolute atomic E-state index is 12.6. The van der Waals surface area contributed by atoms with Crippen molar-refractivity contribution in [2.45, 2.75) is 13.0 Å². The minimum Gasteiger partial charge on any atom is -0.457 e. The van der Waals surface area contributed by atoms with Gasteiger partial charge in [-0.05, 0) is 48.9 Å². The molecule has 2 N–H and O–H groups in total. The van der Waals surface area contributed by atoms with Crippen molar-refractivity contribution in [3.05, 3.63) is 53.6 Å². The Bertz CT molecular complexity index is 1350. The highest BCUT2D eigenvalue weighted by Crippen LogP contribution is 2.25. The number of hydrogen-bond donors (Lipinski definition) is 2. The molecule has 39 heavy (non-hydrogen) atoms. The molecule has 3 aromatic rings. The van der Waals surface area contributed by atoms with Gasteiger partial charge in [0.05, 0.1) is 25.4 Å². The highest BCUT2D eigenvalue weighted by molar-refractivity contribution is 6.01. The Balaban J connectivity index is 1.18. The van der Waals surface area contributed by atoms with Crippen molar-refractivity contribution in [1.82, 2.24) is 15.0 Å². The normalized spacial score (nSPS) is 17.3. The number of carbonyl (C=O) groups excluding carboxylic acids is 2. The molecule has 2 saturated heterocycles. The first-order valence-corrected chi connectivity index (χ1v) is 13.0. The number of hydrogen-bond acceptors (Lipinski definition) is 10. The summed E-state index contributed by atoms with van der Waals surface area (Å²) in [5, 5.41) is 5.63. The van der Waals surface area contributed by atoms with Crippen LogP contribution < -0.4 is 20.4 Å². The molecular weight excluding hydrogens is 502 g/mol. The molecule has 0 aliphatic carbocycles. The Hall–Kier alpha value is -4.29. The summed E-state index contributed by atoms with van der Waals surface area (Å²) in [5.41, 5.74) is 3.28. The molecule has 0 unspecified atom stereocenters. The lowest BCUT2D eigenvalue weighted by Crippen LogP contribution is -2.38. The van der Waals surface area contributed by atoms with Gasteiger partial charge >= 0.3 is 12.0 Å². The second-order valence-electron chi connectivity index (χ2n) is 9.42. The highest BCUT2D eigenvalue weighted by Gasteiger charge is 2.22. The van der Waals surface area contributed by atoms with Gasteiger partial charge in [-0.25, -0.2) is 9.59 Å². The third-order valence-electron chi connectivity index (χ3n) is 6.75. The second-order valence-corrected chi connectivity index (χ2v) is 9.42. The molecule has 2 amide bonds. The molecular formula is C27H29N7O5. The number of anilines is 4. The fourth-order valence-electron chi connectivity index (χ4n) is 4.68. The average Bonchev–Trinajstić information content (AvgIpc) is 3.14. The van der Waals surface area contributed by atoms with E-state index in [4.69, 9.17) is 29.2 Å². The molecule has 3 aliphatic heterocycles. The summed E-state index contributed by atoms with van der Waals surface area (Å²) in [6.45, 7) is 5.82. The lowest BCUT2D eigenvalue weighted by molar-refractivity contribution is 0.0535. The van der Waals surface area contributed by atoms with Gasteiger partial charge in [0.15, 0.2) is 5.82 Å². The zero-order valence-corrected chi connectivity index (χ0v) is 21.4. The third-order valence-corrected chi connectivity index (χ3v) is 6.75. The van der Waals surface area contributed by atoms with Crippen molar-refractivity contribution < 1.29 is 23.8 Å². The van der Waals surface area contributed by atoms with Crippen LogP contribution >= 0.6 is 0 Å². The van der Waals surface area contributed by atoms with Crippen LogP contribution in [0.4, 0.5) is 28.1 Å². The molecule has 12 heteroatoms. The van der Waals surface area contributed by atoms with Gasteiger partial charge < -0.3 is 34.6 Å². The Kier molecular flexibility index (Phi) is 7.19. The van der Waals surface area contributed by atoms with E-state index in [0.29, 0.717) is 54.5 Å². The lowest BCUT2D eigenvalue weighted by atomic mass is 10.1. The summed E-state index contributed by atoms with van der Waals surface area (Å²) in [4.78, 5) is 42.9. The minimum absolute atomic E-state index is 0.213. The number of urea groups is 1. The van der Waals surface area contributed by atoms with Crippen LogP contribution in [-0.4, -0.2) is 79.6 Å². The first-order valence-electron chi connectivity index (χ1n) is 13.0. The van der Waals surface area contributed by atoms with Crippen LogP contribution in [0.5, 0.6) is 0 Å². The standard InChI is InChI=1S/C27H29N7O5/c35-24-22-7-6-21(16-19(22)17-39-24)29-27(36)28-20-4-2-18(3-5-20)23-30-25(33-8-1-12-37-13-9-33)32-26(31-23)34-10-14-38-15-11-34/h2-7,16H,1,8-15,17H2,(H2,28,29,36). The van der Waals surface area contributed by atoms with Crippen LogP contribution in [0.3, 0.4) is 0 Å². The summed E-state index contributed by atoms with van der Waals surface area (Å²) < 4.78 is 16.1. The number of nitrogens with one attached hydrogen (secondary N) is 2. The molecule has 0 atom stereocenters. The fourth-order valence-corrected chi connectivity index (χ4v) is 4.68. The van der Waals surface area contributed by atoms with Crippen molar-refractivity contribution in [2.24, 2.45) is 0 Å². The molecule has 2 aromatic carbocycles. The lowest BCUT2D eigenvalue weighted by Gasteiger charge is -2.28. The van der Waals surface area contributed by atoms with Gasteiger partial charge in [-0.2, -0.15) is 15.0 Å². The van der Waals surface area contributed by atoms with E-state index in [1.54, 1.807) is 18.2 Å². The van der Waals surface area contributed by atoms with Gasteiger partial charge in [-0.1, -0.05) is 0 Å². The van der Waals surface area contributed by atoms with Crippen LogP contribution in [0.25, 0.3) is 11.4 Å². The Labute approximate surface area is 225 Å². The summed E-state index contributed by atoms with van der Waals surface area (Å²) >= 11 is 0. The maximum Gasteiger partial charge on any atom is 0.338 e. The van der Waals surface area contributed by atoms with Crippen LogP contribution in [-0.2, 0) is 20.8 Å². The minimum atomic E-state index is -0.395. The van der Waals surface area contributed by atoms with Crippen molar-refractivity contribution >= 4 is 35.3 Å². The van der Waals surface area contributed by atoms with Gasteiger partial charge in [0.2, 0.25) is 11.9 Å². The summed E-state index contributed by atoms with van der Waals surface area (Å²) in [6, 6.07) is 12.0. The molecule has 0 bridgehead atoms. The van der Waals surface area contributed by atoms with Crippen LogP contribution in [0.1, 0.15) is 22.3 Å². The summed E-state index contributed by atoms with van der Waals surface area (Å²) in [7, 11) is 0. The third kappa shape index (κ3) is 5.76. The number of esters is 1. The van der Waals surface area contributed by atoms with E-state index >= 15 is 0 Å². The largest absolute Gasteiger partial charge is 0.457 e. The van der Waals surface area contributed by atoms with E-state index in [1.807, 2.05) is 24.3 Å².